The summed E-state index contributed by atoms with van der Waals surface area (Å²) in [5, 5.41) is 17.9. The molecule has 0 spiro atoms. The number of nitrogens with one attached hydrogen (secondary N) is 2. The first-order valence-corrected chi connectivity index (χ1v) is 19.6. The number of hydrogen-bond donors (Lipinski definition) is 3. The summed E-state index contributed by atoms with van der Waals surface area (Å²) in [4.78, 5) is 58.4. The predicted molar refractivity (Wildman–Crippen MR) is 211 cm³/mol. The summed E-state index contributed by atoms with van der Waals surface area (Å²) in [7, 11) is 1.77. The van der Waals surface area contributed by atoms with Gasteiger partial charge < -0.3 is 25.4 Å². The van der Waals surface area contributed by atoms with Crippen LogP contribution in [0.3, 0.4) is 0 Å². The van der Waals surface area contributed by atoms with Crippen molar-refractivity contribution in [3.63, 3.8) is 0 Å². The van der Waals surface area contributed by atoms with Crippen LogP contribution in [0.15, 0.2) is 84.2 Å². The first-order valence-electron chi connectivity index (χ1n) is 18.7. The number of likely N-dealkylation sites (N-methyl/N-ethyl adjacent to an activating group) is 1. The number of hydrogen-bond acceptors (Lipinski definition) is 7. The monoisotopic (exact) mass is 752 g/mol. The molecule has 0 fully saturated rings. The fraction of sp³-hybridized carbons (Fsp3) is 0.419. The lowest BCUT2D eigenvalue weighted by molar-refractivity contribution is -0.141. The number of aryl methyl sites for hydroxylation is 1. The maximum atomic E-state index is 14.0. The fourth-order valence-electron chi connectivity index (χ4n) is 7.32. The average Bonchev–Trinajstić information content (AvgIpc) is 3.76. The summed E-state index contributed by atoms with van der Waals surface area (Å²) >= 11 is 1.39. The van der Waals surface area contributed by atoms with E-state index in [0.717, 1.165) is 32.8 Å². The van der Waals surface area contributed by atoms with Gasteiger partial charge in [0.05, 0.1) is 10.9 Å². The van der Waals surface area contributed by atoms with Gasteiger partial charge >= 0.3 is 12.1 Å². The van der Waals surface area contributed by atoms with E-state index in [1.165, 1.54) is 11.3 Å². The molecule has 11 heteroatoms. The minimum atomic E-state index is -0.908. The SMILES string of the molecule is CC(C)[C@H](NC(=O)OCC1c2ccccc2-c2ccccc21)C(=O)N(C)[C@H](CCc1nc(C(=O)N[C@H](Cc2ccccc2)C[C@H](C)C(=O)O)cs1)C(C)C. The Kier molecular flexibility index (Phi) is 13.6. The number of carbonyl (C=O) groups excluding carboxylic acids is 3. The van der Waals surface area contributed by atoms with E-state index >= 15 is 0 Å². The number of carboxylic acids is 1. The number of aliphatic carboxylic acids is 1. The van der Waals surface area contributed by atoms with Crippen LogP contribution in [0.5, 0.6) is 0 Å². The van der Waals surface area contributed by atoms with Crippen LogP contribution in [0, 0.1) is 17.8 Å². The Morgan fingerprint density at radius 2 is 1.46 bits per heavy atom. The normalized spacial score (nSPS) is 14.4. The summed E-state index contributed by atoms with van der Waals surface area (Å²) in [6, 6.07) is 24.7. The molecule has 0 unspecified atom stereocenters. The topological polar surface area (TPSA) is 138 Å². The molecular formula is C43H52N4O6S. The summed E-state index contributed by atoms with van der Waals surface area (Å²) in [6.45, 7) is 9.72. The standard InChI is InChI=1S/C43H52N4O6S/c1-26(2)37(20-21-38-45-36(25-54-38)40(48)44-30(22-28(5)42(50)51)23-29-14-8-7-9-15-29)47(6)41(49)39(27(3)4)46-43(52)53-24-35-33-18-12-10-16-31(33)32-17-11-13-19-34(32)35/h7-19,25-28,30,35,37,39H,20-24H2,1-6H3,(H,44,48)(H,46,52)(H,50,51)/t28-,30-,37+,39-/m0/s1. The Morgan fingerprint density at radius 1 is 0.852 bits per heavy atom. The third kappa shape index (κ3) is 9.93. The molecule has 4 atom stereocenters. The maximum absolute atomic E-state index is 14.0. The van der Waals surface area contributed by atoms with Gasteiger partial charge in [-0.1, -0.05) is 113 Å². The first-order chi connectivity index (χ1) is 25.8. The van der Waals surface area contributed by atoms with Crippen molar-refractivity contribution >= 4 is 35.2 Å². The molecule has 1 aromatic heterocycles. The number of nitrogens with zero attached hydrogens (tertiary/aromatic N) is 2. The molecule has 10 nitrogen and oxygen atoms in total. The molecule has 3 aromatic carbocycles. The van der Waals surface area contributed by atoms with Gasteiger partial charge in [-0.15, -0.1) is 11.3 Å². The zero-order valence-electron chi connectivity index (χ0n) is 32.0. The summed E-state index contributed by atoms with van der Waals surface area (Å²) in [6.07, 6.45) is 1.32. The highest BCUT2D eigenvalue weighted by molar-refractivity contribution is 7.09. The lowest BCUT2D eigenvalue weighted by Crippen LogP contribution is -2.53. The summed E-state index contributed by atoms with van der Waals surface area (Å²) in [5.41, 5.74) is 5.82. The van der Waals surface area contributed by atoms with E-state index in [0.29, 0.717) is 19.3 Å². The molecule has 3 amide bonds. The van der Waals surface area contributed by atoms with Crippen molar-refractivity contribution in [2.24, 2.45) is 17.8 Å². The molecule has 1 aliphatic rings. The van der Waals surface area contributed by atoms with Crippen molar-refractivity contribution in [2.75, 3.05) is 13.7 Å². The van der Waals surface area contributed by atoms with Crippen LogP contribution >= 0.6 is 11.3 Å². The molecule has 0 bridgehead atoms. The van der Waals surface area contributed by atoms with Gasteiger partial charge in [0, 0.05) is 36.9 Å². The number of fused-ring (bicyclic) bond motifs is 3. The van der Waals surface area contributed by atoms with E-state index in [4.69, 9.17) is 4.74 Å². The number of amides is 3. The molecule has 0 radical (unpaired) electrons. The highest BCUT2D eigenvalue weighted by Crippen LogP contribution is 2.44. The third-order valence-corrected chi connectivity index (χ3v) is 11.2. The molecule has 54 heavy (non-hydrogen) atoms. The van der Waals surface area contributed by atoms with Gasteiger partial charge in [0.1, 0.15) is 18.3 Å². The Balaban J connectivity index is 1.17. The fourth-order valence-corrected chi connectivity index (χ4v) is 8.11. The van der Waals surface area contributed by atoms with E-state index in [1.54, 1.807) is 24.3 Å². The Labute approximate surface area is 322 Å². The second kappa shape index (κ2) is 18.3. The van der Waals surface area contributed by atoms with Crippen molar-refractivity contribution in [2.45, 2.75) is 84.3 Å². The maximum Gasteiger partial charge on any atom is 0.407 e. The van der Waals surface area contributed by atoms with Gasteiger partial charge in [-0.05, 0) is 58.9 Å². The average molecular weight is 753 g/mol. The quantitative estimate of drug-likeness (QED) is 0.101. The van der Waals surface area contributed by atoms with Gasteiger partial charge in [0.2, 0.25) is 5.91 Å². The lowest BCUT2D eigenvalue weighted by Gasteiger charge is -2.35. The van der Waals surface area contributed by atoms with Crippen LogP contribution in [-0.2, 0) is 27.2 Å². The Bertz CT molecular complexity index is 1860. The zero-order chi connectivity index (χ0) is 38.9. The van der Waals surface area contributed by atoms with Gasteiger partial charge in [-0.2, -0.15) is 0 Å². The van der Waals surface area contributed by atoms with Crippen LogP contribution in [0.1, 0.15) is 85.6 Å². The molecule has 4 aromatic rings. The molecule has 0 aliphatic heterocycles. The molecule has 1 aliphatic carbocycles. The molecular weight excluding hydrogens is 701 g/mol. The zero-order valence-corrected chi connectivity index (χ0v) is 32.8. The number of benzene rings is 3. The van der Waals surface area contributed by atoms with Crippen LogP contribution in [0.25, 0.3) is 11.1 Å². The highest BCUT2D eigenvalue weighted by Gasteiger charge is 2.34. The molecule has 3 N–H and O–H groups in total. The van der Waals surface area contributed by atoms with Gasteiger partial charge in [-0.25, -0.2) is 9.78 Å². The van der Waals surface area contributed by atoms with Gasteiger partial charge in [0.15, 0.2) is 0 Å². The van der Waals surface area contributed by atoms with Crippen molar-refractivity contribution in [3.8, 4) is 11.1 Å². The number of thiazole rings is 1. The molecule has 1 heterocycles. The first kappa shape index (κ1) is 40.2. The number of carbonyl (C=O) groups is 4. The van der Waals surface area contributed by atoms with Crippen LogP contribution < -0.4 is 10.6 Å². The molecule has 0 saturated heterocycles. The van der Waals surface area contributed by atoms with E-state index in [9.17, 15) is 24.3 Å². The summed E-state index contributed by atoms with van der Waals surface area (Å²) in [5.74, 6) is -2.23. The van der Waals surface area contributed by atoms with Gasteiger partial charge in [-0.3, -0.25) is 14.4 Å². The number of aromatic nitrogens is 1. The lowest BCUT2D eigenvalue weighted by atomic mass is 9.95. The summed E-state index contributed by atoms with van der Waals surface area (Å²) < 4.78 is 5.78. The predicted octanol–water partition coefficient (Wildman–Crippen LogP) is 7.57. The third-order valence-electron chi connectivity index (χ3n) is 10.3. The Morgan fingerprint density at radius 3 is 2.06 bits per heavy atom. The minimum absolute atomic E-state index is 0.0850. The van der Waals surface area contributed by atoms with Crippen molar-refractivity contribution in [3.05, 3.63) is 112 Å². The van der Waals surface area contributed by atoms with Crippen LogP contribution in [0.4, 0.5) is 4.79 Å². The van der Waals surface area contributed by atoms with E-state index in [1.807, 2.05) is 68.4 Å². The molecule has 0 saturated carbocycles. The van der Waals surface area contributed by atoms with Crippen molar-refractivity contribution < 1.29 is 29.0 Å². The number of carboxylic acid groups (broad SMARTS) is 1. The number of alkyl carbamates (subject to hydrolysis) is 1. The minimum Gasteiger partial charge on any atom is -0.481 e. The van der Waals surface area contributed by atoms with E-state index < -0.39 is 24.0 Å². The smallest absolute Gasteiger partial charge is 0.407 e. The molecule has 286 valence electrons. The number of ether oxygens (including phenoxy) is 1. The van der Waals surface area contributed by atoms with Crippen LogP contribution in [-0.4, -0.2) is 70.6 Å². The molecule has 5 rings (SSSR count). The highest BCUT2D eigenvalue weighted by atomic mass is 32.1. The van der Waals surface area contributed by atoms with Crippen molar-refractivity contribution in [1.82, 2.24) is 20.5 Å². The van der Waals surface area contributed by atoms with Crippen molar-refractivity contribution in [1.29, 1.82) is 0 Å². The number of rotatable bonds is 17. The van der Waals surface area contributed by atoms with E-state index in [2.05, 4.69) is 53.7 Å². The van der Waals surface area contributed by atoms with Gasteiger partial charge in [0.25, 0.3) is 5.91 Å². The Hall–Kier alpha value is -5.03. The largest absolute Gasteiger partial charge is 0.481 e. The second-order valence-corrected chi connectivity index (χ2v) is 15.9. The van der Waals surface area contributed by atoms with Crippen LogP contribution in [0.2, 0.25) is 0 Å². The van der Waals surface area contributed by atoms with E-state index in [-0.39, 0.29) is 60.4 Å². The second-order valence-electron chi connectivity index (χ2n) is 15.0.